The van der Waals surface area contributed by atoms with Gasteiger partial charge >= 0.3 is 0 Å². The second kappa shape index (κ2) is 3.33. The molecule has 0 unspecified atom stereocenters. The van der Waals surface area contributed by atoms with Gasteiger partial charge in [-0.25, -0.2) is 13.4 Å². The van der Waals surface area contributed by atoms with E-state index in [0.717, 1.165) is 0 Å². The van der Waals surface area contributed by atoms with Crippen LogP contribution in [0.25, 0.3) is 11.4 Å². The minimum absolute atomic E-state index is 0.0417. The number of nitrogens with zero attached hydrogens (tertiary/aromatic N) is 3. The number of nitrogens with one attached hydrogen (secondary N) is 1. The largest absolute Gasteiger partial charge is 0.395 e. The molecule has 0 amide bonds. The molecule has 0 aliphatic carbocycles. The minimum Gasteiger partial charge on any atom is -0.395 e. The van der Waals surface area contributed by atoms with Crippen LogP contribution in [0.4, 0.5) is 5.69 Å². The molecule has 0 aromatic carbocycles. The van der Waals surface area contributed by atoms with Gasteiger partial charge in [0, 0.05) is 0 Å². The molecule has 8 heteroatoms. The highest BCUT2D eigenvalue weighted by Crippen LogP contribution is 2.29. The van der Waals surface area contributed by atoms with Crippen LogP contribution in [0.3, 0.4) is 0 Å². The molecule has 90 valence electrons. The number of H-pyrrole nitrogens is 1. The summed E-state index contributed by atoms with van der Waals surface area (Å²) in [5.74, 6) is 0.0729. The van der Waals surface area contributed by atoms with Crippen molar-refractivity contribution >= 4 is 15.5 Å². The fraction of sp³-hybridized carbons (Fsp3) is 0.333. The number of anilines is 1. The third-order valence-electron chi connectivity index (χ3n) is 2.82. The SMILES string of the molecule is Nc1c(-c2cnc[nH]2)nn2c1CS(=O)(=O)CC2. The van der Waals surface area contributed by atoms with Crippen molar-refractivity contribution in [2.75, 3.05) is 11.5 Å². The Hall–Kier alpha value is -1.83. The molecular formula is C9H11N5O2S. The zero-order chi connectivity index (χ0) is 12.0. The van der Waals surface area contributed by atoms with Gasteiger partial charge in [-0.3, -0.25) is 4.68 Å². The highest BCUT2D eigenvalue weighted by atomic mass is 32.2. The number of aryl methyl sites for hydroxylation is 1. The van der Waals surface area contributed by atoms with Gasteiger partial charge in [-0.05, 0) is 0 Å². The maximum atomic E-state index is 11.5. The summed E-state index contributed by atoms with van der Waals surface area (Å²) in [6, 6.07) is 0. The maximum absolute atomic E-state index is 11.5. The molecule has 3 rings (SSSR count). The van der Waals surface area contributed by atoms with Crippen molar-refractivity contribution in [3.63, 3.8) is 0 Å². The Labute approximate surface area is 97.6 Å². The van der Waals surface area contributed by atoms with E-state index in [0.29, 0.717) is 29.3 Å². The monoisotopic (exact) mass is 253 g/mol. The fourth-order valence-electron chi connectivity index (χ4n) is 1.94. The molecule has 3 N–H and O–H groups in total. The van der Waals surface area contributed by atoms with Crippen LogP contribution in [-0.4, -0.2) is 33.9 Å². The van der Waals surface area contributed by atoms with E-state index in [2.05, 4.69) is 15.1 Å². The average Bonchev–Trinajstić information content (AvgIpc) is 2.87. The topological polar surface area (TPSA) is 107 Å². The molecule has 2 aromatic heterocycles. The van der Waals surface area contributed by atoms with Gasteiger partial charge < -0.3 is 10.7 Å². The lowest BCUT2D eigenvalue weighted by molar-refractivity contribution is 0.556. The number of imidazole rings is 1. The van der Waals surface area contributed by atoms with Gasteiger partial charge in [-0.15, -0.1) is 0 Å². The first kappa shape index (κ1) is 10.3. The second-order valence-corrected chi connectivity index (χ2v) is 6.17. The van der Waals surface area contributed by atoms with Crippen LogP contribution in [0.15, 0.2) is 12.5 Å². The molecule has 17 heavy (non-hydrogen) atoms. The van der Waals surface area contributed by atoms with Crippen molar-refractivity contribution in [3.05, 3.63) is 18.2 Å². The fourth-order valence-corrected chi connectivity index (χ4v) is 3.25. The van der Waals surface area contributed by atoms with Crippen LogP contribution < -0.4 is 5.73 Å². The van der Waals surface area contributed by atoms with Crippen LogP contribution in [-0.2, 0) is 22.1 Å². The molecule has 0 bridgehead atoms. The molecule has 7 nitrogen and oxygen atoms in total. The molecule has 0 fully saturated rings. The van der Waals surface area contributed by atoms with Crippen LogP contribution in [0.1, 0.15) is 5.69 Å². The number of fused-ring (bicyclic) bond motifs is 1. The van der Waals surface area contributed by atoms with E-state index in [-0.39, 0.29) is 11.5 Å². The van der Waals surface area contributed by atoms with Crippen molar-refractivity contribution in [1.29, 1.82) is 0 Å². The van der Waals surface area contributed by atoms with E-state index >= 15 is 0 Å². The van der Waals surface area contributed by atoms with E-state index in [1.807, 2.05) is 0 Å². The summed E-state index contributed by atoms with van der Waals surface area (Å²) in [7, 11) is -3.04. The van der Waals surface area contributed by atoms with Crippen molar-refractivity contribution in [3.8, 4) is 11.4 Å². The molecule has 0 spiro atoms. The zero-order valence-corrected chi connectivity index (χ0v) is 9.74. The van der Waals surface area contributed by atoms with Crippen LogP contribution in [0.2, 0.25) is 0 Å². The summed E-state index contributed by atoms with van der Waals surface area (Å²) >= 11 is 0. The Balaban J connectivity index is 2.15. The van der Waals surface area contributed by atoms with Crippen molar-refractivity contribution in [1.82, 2.24) is 19.7 Å². The van der Waals surface area contributed by atoms with Crippen molar-refractivity contribution < 1.29 is 8.42 Å². The molecule has 0 atom stereocenters. The van der Waals surface area contributed by atoms with Crippen molar-refractivity contribution in [2.24, 2.45) is 0 Å². The normalized spacial score (nSPS) is 17.9. The molecule has 2 aromatic rings. The van der Waals surface area contributed by atoms with Crippen LogP contribution in [0, 0.1) is 0 Å². The highest BCUT2D eigenvalue weighted by Gasteiger charge is 2.27. The molecular weight excluding hydrogens is 242 g/mol. The lowest BCUT2D eigenvalue weighted by Crippen LogP contribution is -2.24. The highest BCUT2D eigenvalue weighted by molar-refractivity contribution is 7.90. The number of nitrogens with two attached hydrogens (primary N) is 1. The third-order valence-corrected chi connectivity index (χ3v) is 4.34. The number of aromatic amines is 1. The number of nitrogen functional groups attached to an aromatic ring is 1. The summed E-state index contributed by atoms with van der Waals surface area (Å²) < 4.78 is 24.7. The summed E-state index contributed by atoms with van der Waals surface area (Å²) in [6.07, 6.45) is 3.14. The zero-order valence-electron chi connectivity index (χ0n) is 8.92. The Bertz CT molecular complexity index is 656. The standard InChI is InChI=1S/C9H11N5O2S/c10-8-7-4-17(15,16)2-1-14(7)13-9(8)6-3-11-5-12-6/h3,5H,1-2,4,10H2,(H,11,12). The van der Waals surface area contributed by atoms with E-state index in [9.17, 15) is 8.42 Å². The lowest BCUT2D eigenvalue weighted by atomic mass is 10.2. The van der Waals surface area contributed by atoms with E-state index in [4.69, 9.17) is 5.73 Å². The average molecular weight is 253 g/mol. The van der Waals surface area contributed by atoms with E-state index < -0.39 is 9.84 Å². The third kappa shape index (κ3) is 1.60. The maximum Gasteiger partial charge on any atom is 0.157 e. The lowest BCUT2D eigenvalue weighted by Gasteiger charge is -2.13. The Morgan fingerprint density at radius 3 is 3.00 bits per heavy atom. The first-order chi connectivity index (χ1) is 8.07. The van der Waals surface area contributed by atoms with Crippen LogP contribution >= 0.6 is 0 Å². The smallest absolute Gasteiger partial charge is 0.157 e. The summed E-state index contributed by atoms with van der Waals surface area (Å²) in [6.45, 7) is 0.357. The number of rotatable bonds is 1. The summed E-state index contributed by atoms with van der Waals surface area (Å²) in [5, 5.41) is 4.31. The molecule has 1 aliphatic heterocycles. The van der Waals surface area contributed by atoms with Crippen molar-refractivity contribution in [2.45, 2.75) is 12.3 Å². The number of aromatic nitrogens is 4. The molecule has 0 radical (unpaired) electrons. The number of sulfone groups is 1. The summed E-state index contributed by atoms with van der Waals surface area (Å²) in [4.78, 5) is 6.80. The Morgan fingerprint density at radius 2 is 2.29 bits per heavy atom. The number of hydrogen-bond acceptors (Lipinski definition) is 5. The quantitative estimate of drug-likeness (QED) is 0.731. The Morgan fingerprint density at radius 1 is 1.47 bits per heavy atom. The second-order valence-electron chi connectivity index (χ2n) is 3.99. The predicted molar refractivity (Wildman–Crippen MR) is 61.7 cm³/mol. The first-order valence-electron chi connectivity index (χ1n) is 5.11. The molecule has 3 heterocycles. The van der Waals surface area contributed by atoms with Gasteiger partial charge in [0.1, 0.15) is 5.69 Å². The first-order valence-corrected chi connectivity index (χ1v) is 6.93. The Kier molecular flexibility index (Phi) is 2.02. The van der Waals surface area contributed by atoms with Gasteiger partial charge in [0.15, 0.2) is 9.84 Å². The van der Waals surface area contributed by atoms with Gasteiger partial charge in [0.2, 0.25) is 0 Å². The molecule has 1 aliphatic rings. The molecule has 0 saturated heterocycles. The van der Waals surface area contributed by atoms with Crippen LogP contribution in [0.5, 0.6) is 0 Å². The van der Waals surface area contributed by atoms with Gasteiger partial charge in [-0.2, -0.15) is 5.10 Å². The van der Waals surface area contributed by atoms with E-state index in [1.165, 1.54) is 6.33 Å². The van der Waals surface area contributed by atoms with E-state index in [1.54, 1.807) is 10.9 Å². The minimum atomic E-state index is -3.04. The summed E-state index contributed by atoms with van der Waals surface area (Å²) in [5.41, 5.74) is 8.19. The van der Waals surface area contributed by atoms with Gasteiger partial charge in [0.25, 0.3) is 0 Å². The molecule has 0 saturated carbocycles. The predicted octanol–water partition coefficient (Wildman–Crippen LogP) is -0.216. The number of hydrogen-bond donors (Lipinski definition) is 2. The van der Waals surface area contributed by atoms with Gasteiger partial charge in [0.05, 0.1) is 47.6 Å². The van der Waals surface area contributed by atoms with Gasteiger partial charge in [-0.1, -0.05) is 0 Å².